The highest BCUT2D eigenvalue weighted by Crippen LogP contribution is 1.90. The molecular weight excluding hydrogens is 200 g/mol. The van der Waals surface area contributed by atoms with E-state index in [1.165, 1.54) is 23.9 Å². The Bertz CT molecular complexity index is 472. The van der Waals surface area contributed by atoms with E-state index in [4.69, 9.17) is 5.11 Å². The first-order valence-electron chi connectivity index (χ1n) is 4.50. The molecule has 0 aliphatic carbocycles. The molecule has 0 bridgehead atoms. The molecule has 0 saturated carbocycles. The first-order valence-corrected chi connectivity index (χ1v) is 4.50. The van der Waals surface area contributed by atoms with Crippen LogP contribution in [0.15, 0.2) is 21.9 Å². The van der Waals surface area contributed by atoms with Crippen LogP contribution in [0, 0.1) is 0 Å². The van der Waals surface area contributed by atoms with Gasteiger partial charge >= 0.3 is 11.7 Å². The van der Waals surface area contributed by atoms with Crippen molar-refractivity contribution in [3.05, 3.63) is 33.1 Å². The fourth-order valence-electron chi connectivity index (χ4n) is 1.21. The van der Waals surface area contributed by atoms with Gasteiger partial charge in [-0.05, 0) is 6.42 Å². The highest BCUT2D eigenvalue weighted by molar-refractivity contribution is 5.66. The van der Waals surface area contributed by atoms with Crippen LogP contribution in [0.2, 0.25) is 0 Å². The predicted octanol–water partition coefficient (Wildman–Crippen LogP) is -0.588. The third-order valence-corrected chi connectivity index (χ3v) is 2.01. The molecule has 1 aromatic heterocycles. The van der Waals surface area contributed by atoms with E-state index in [0.29, 0.717) is 0 Å². The lowest BCUT2D eigenvalue weighted by molar-refractivity contribution is -0.137. The summed E-state index contributed by atoms with van der Waals surface area (Å²) in [7, 11) is 1.54. The van der Waals surface area contributed by atoms with E-state index in [1.54, 1.807) is 0 Å². The maximum atomic E-state index is 11.4. The van der Waals surface area contributed by atoms with Crippen LogP contribution in [-0.4, -0.2) is 20.2 Å². The summed E-state index contributed by atoms with van der Waals surface area (Å²) in [6, 6.07) is 1.28. The number of carbonyl (C=O) groups is 1. The number of carboxylic acid groups (broad SMARTS) is 1. The van der Waals surface area contributed by atoms with Crippen LogP contribution >= 0.6 is 0 Å². The molecule has 6 heteroatoms. The van der Waals surface area contributed by atoms with Crippen molar-refractivity contribution < 1.29 is 9.90 Å². The Morgan fingerprint density at radius 2 is 2.13 bits per heavy atom. The molecule has 1 heterocycles. The number of hydrogen-bond donors (Lipinski definition) is 1. The predicted molar refractivity (Wildman–Crippen MR) is 52.8 cm³/mol. The minimum atomic E-state index is -0.934. The molecule has 0 fully saturated rings. The van der Waals surface area contributed by atoms with E-state index in [2.05, 4.69) is 0 Å². The van der Waals surface area contributed by atoms with Crippen LogP contribution in [-0.2, 0) is 18.4 Å². The molecule has 0 aromatic carbocycles. The van der Waals surface area contributed by atoms with Crippen LogP contribution in [0.25, 0.3) is 0 Å². The Morgan fingerprint density at radius 3 is 2.73 bits per heavy atom. The lowest BCUT2D eigenvalue weighted by Crippen LogP contribution is -2.37. The monoisotopic (exact) mass is 212 g/mol. The highest BCUT2D eigenvalue weighted by atomic mass is 16.4. The minimum Gasteiger partial charge on any atom is -0.481 e. The van der Waals surface area contributed by atoms with Crippen molar-refractivity contribution in [3.63, 3.8) is 0 Å². The number of hydrogen-bond acceptors (Lipinski definition) is 3. The molecule has 0 unspecified atom stereocenters. The third kappa shape index (κ3) is 2.80. The van der Waals surface area contributed by atoms with Crippen LogP contribution in [0.3, 0.4) is 0 Å². The highest BCUT2D eigenvalue weighted by Gasteiger charge is 2.03. The van der Waals surface area contributed by atoms with Gasteiger partial charge < -0.3 is 9.67 Å². The van der Waals surface area contributed by atoms with Gasteiger partial charge in [0.15, 0.2) is 0 Å². The Hall–Kier alpha value is -1.85. The summed E-state index contributed by atoms with van der Waals surface area (Å²) in [5.41, 5.74) is -0.823. The van der Waals surface area contributed by atoms with Gasteiger partial charge in [0.05, 0.1) is 0 Å². The summed E-state index contributed by atoms with van der Waals surface area (Å²) in [6.07, 6.45) is 1.61. The van der Waals surface area contributed by atoms with Crippen molar-refractivity contribution in [1.82, 2.24) is 9.13 Å². The van der Waals surface area contributed by atoms with E-state index >= 15 is 0 Å². The summed E-state index contributed by atoms with van der Waals surface area (Å²) in [4.78, 5) is 33.0. The second-order valence-corrected chi connectivity index (χ2v) is 3.20. The summed E-state index contributed by atoms with van der Waals surface area (Å²) in [5.74, 6) is -0.934. The van der Waals surface area contributed by atoms with Gasteiger partial charge in [-0.1, -0.05) is 0 Å². The van der Waals surface area contributed by atoms with Gasteiger partial charge in [0.1, 0.15) is 0 Å². The molecule has 0 aliphatic rings. The number of carboxylic acids is 1. The van der Waals surface area contributed by atoms with E-state index in [1.807, 2.05) is 0 Å². The van der Waals surface area contributed by atoms with Gasteiger partial charge in [0.2, 0.25) is 0 Å². The zero-order valence-electron chi connectivity index (χ0n) is 8.34. The van der Waals surface area contributed by atoms with Crippen LogP contribution in [0.4, 0.5) is 0 Å². The van der Waals surface area contributed by atoms with Crippen LogP contribution in [0.5, 0.6) is 0 Å². The summed E-state index contributed by atoms with van der Waals surface area (Å²) in [6.45, 7) is 0.138. The van der Waals surface area contributed by atoms with E-state index < -0.39 is 17.2 Å². The van der Waals surface area contributed by atoms with Crippen molar-refractivity contribution >= 4 is 5.97 Å². The smallest absolute Gasteiger partial charge is 0.330 e. The Labute approximate surface area is 85.4 Å². The normalized spacial score (nSPS) is 10.2. The maximum Gasteiger partial charge on any atom is 0.330 e. The van der Waals surface area contributed by atoms with Gasteiger partial charge in [0, 0.05) is 32.3 Å². The van der Waals surface area contributed by atoms with E-state index in [0.717, 1.165) is 4.57 Å². The van der Waals surface area contributed by atoms with Gasteiger partial charge in [-0.2, -0.15) is 0 Å². The first kappa shape index (κ1) is 11.2. The Balaban J connectivity index is 2.85. The lowest BCUT2D eigenvalue weighted by atomic mass is 10.3. The number of aryl methyl sites for hydroxylation is 1. The molecule has 6 nitrogen and oxygen atoms in total. The number of aliphatic carboxylic acids is 1. The van der Waals surface area contributed by atoms with Crippen molar-refractivity contribution in [3.8, 4) is 0 Å². The van der Waals surface area contributed by atoms with Gasteiger partial charge in [-0.15, -0.1) is 0 Å². The average molecular weight is 212 g/mol. The molecule has 1 rings (SSSR count). The van der Waals surface area contributed by atoms with Gasteiger partial charge in [-0.25, -0.2) is 4.79 Å². The van der Waals surface area contributed by atoms with Crippen LogP contribution in [0.1, 0.15) is 12.8 Å². The molecule has 0 saturated heterocycles. The molecule has 1 aromatic rings. The standard InChI is InChI=1S/C9H12N2O4/c1-10-6-4-7(12)11(9(10)15)5-2-3-8(13)14/h4,6H,2-3,5H2,1H3,(H,13,14). The fraction of sp³-hybridized carbons (Fsp3) is 0.444. The Kier molecular flexibility index (Phi) is 3.43. The summed E-state index contributed by atoms with van der Waals surface area (Å²) in [5, 5.41) is 8.41. The molecule has 0 radical (unpaired) electrons. The van der Waals surface area contributed by atoms with E-state index in [-0.39, 0.29) is 19.4 Å². The quantitative estimate of drug-likeness (QED) is 0.723. The number of rotatable bonds is 4. The summed E-state index contributed by atoms with van der Waals surface area (Å²) < 4.78 is 2.31. The average Bonchev–Trinajstić information content (AvgIpc) is 2.17. The zero-order chi connectivity index (χ0) is 11.4. The molecule has 0 amide bonds. The molecule has 0 atom stereocenters. The van der Waals surface area contributed by atoms with Gasteiger partial charge in [0.25, 0.3) is 5.56 Å². The largest absolute Gasteiger partial charge is 0.481 e. The second kappa shape index (κ2) is 4.59. The minimum absolute atomic E-state index is 0.0511. The van der Waals surface area contributed by atoms with Crippen molar-refractivity contribution in [2.75, 3.05) is 0 Å². The lowest BCUT2D eigenvalue weighted by Gasteiger charge is -2.04. The maximum absolute atomic E-state index is 11.4. The zero-order valence-corrected chi connectivity index (χ0v) is 8.34. The Morgan fingerprint density at radius 1 is 1.47 bits per heavy atom. The first-order chi connectivity index (χ1) is 7.02. The summed E-state index contributed by atoms with van der Waals surface area (Å²) >= 11 is 0. The number of aromatic nitrogens is 2. The molecular formula is C9H12N2O4. The topological polar surface area (TPSA) is 81.3 Å². The van der Waals surface area contributed by atoms with Crippen molar-refractivity contribution in [2.45, 2.75) is 19.4 Å². The molecule has 82 valence electrons. The van der Waals surface area contributed by atoms with Crippen molar-refractivity contribution in [2.24, 2.45) is 7.05 Å². The SMILES string of the molecule is Cn1ccc(=O)n(CCCC(=O)O)c1=O. The van der Waals surface area contributed by atoms with E-state index in [9.17, 15) is 14.4 Å². The number of nitrogens with zero attached hydrogens (tertiary/aromatic N) is 2. The molecule has 1 N–H and O–H groups in total. The van der Waals surface area contributed by atoms with Gasteiger partial charge in [-0.3, -0.25) is 14.2 Å². The molecule has 0 spiro atoms. The van der Waals surface area contributed by atoms with Crippen LogP contribution < -0.4 is 11.2 Å². The second-order valence-electron chi connectivity index (χ2n) is 3.20. The third-order valence-electron chi connectivity index (χ3n) is 2.01. The molecule has 0 aliphatic heterocycles. The van der Waals surface area contributed by atoms with Crippen molar-refractivity contribution in [1.29, 1.82) is 0 Å². The molecule has 15 heavy (non-hydrogen) atoms. The fourth-order valence-corrected chi connectivity index (χ4v) is 1.21.